The van der Waals surface area contributed by atoms with E-state index in [1.807, 2.05) is 62.4 Å². The number of nitrogens with zero attached hydrogens (tertiary/aromatic N) is 1. The van der Waals surface area contributed by atoms with E-state index in [-0.39, 0.29) is 5.12 Å². The molecule has 4 nitrogen and oxygen atoms in total. The standard InChI is InChI=1S/C21H21NO3S2/c1-3-24-19-13-16(12-17-20(23)27-21(22-17)26-4-2)10-11-18(19)25-14-15-8-6-5-7-9-15/h5-13H,3-4,14H2,1-2H3/b17-12-. The summed E-state index contributed by atoms with van der Waals surface area (Å²) >= 11 is 2.77. The van der Waals surface area contributed by atoms with Crippen LogP contribution in [0.2, 0.25) is 0 Å². The normalized spacial score (nSPS) is 15.1. The first kappa shape index (κ1) is 19.6. The van der Waals surface area contributed by atoms with Gasteiger partial charge in [0.05, 0.1) is 6.61 Å². The molecule has 0 aliphatic carbocycles. The number of benzene rings is 2. The Morgan fingerprint density at radius 1 is 1.07 bits per heavy atom. The molecule has 140 valence electrons. The number of carbonyl (C=O) groups is 1. The number of carbonyl (C=O) groups excluding carboxylic acids is 1. The zero-order valence-corrected chi connectivity index (χ0v) is 16.9. The maximum Gasteiger partial charge on any atom is 0.244 e. The van der Waals surface area contributed by atoms with Gasteiger partial charge in [-0.15, -0.1) is 0 Å². The second-order valence-corrected chi connectivity index (χ2v) is 8.12. The summed E-state index contributed by atoms with van der Waals surface area (Å²) in [5.41, 5.74) is 2.42. The van der Waals surface area contributed by atoms with Gasteiger partial charge in [0.25, 0.3) is 0 Å². The molecule has 0 saturated carbocycles. The van der Waals surface area contributed by atoms with E-state index in [2.05, 4.69) is 4.99 Å². The zero-order valence-electron chi connectivity index (χ0n) is 15.3. The monoisotopic (exact) mass is 399 g/mol. The van der Waals surface area contributed by atoms with Crippen LogP contribution in [-0.2, 0) is 11.4 Å². The highest BCUT2D eigenvalue weighted by atomic mass is 32.2. The lowest BCUT2D eigenvalue weighted by Crippen LogP contribution is -2.00. The average molecular weight is 400 g/mol. The van der Waals surface area contributed by atoms with Gasteiger partial charge in [-0.1, -0.05) is 55.1 Å². The summed E-state index contributed by atoms with van der Waals surface area (Å²) in [6.07, 6.45) is 1.79. The fraction of sp³-hybridized carbons (Fsp3) is 0.238. The van der Waals surface area contributed by atoms with E-state index in [0.29, 0.717) is 30.4 Å². The van der Waals surface area contributed by atoms with Crippen molar-refractivity contribution in [1.29, 1.82) is 0 Å². The van der Waals surface area contributed by atoms with Gasteiger partial charge in [-0.25, -0.2) is 4.99 Å². The fourth-order valence-electron chi connectivity index (χ4n) is 2.47. The number of aliphatic imine (C=N–C) groups is 1. The van der Waals surface area contributed by atoms with Gasteiger partial charge in [-0.3, -0.25) is 4.79 Å². The second kappa shape index (κ2) is 9.67. The Labute approximate surface area is 168 Å². The lowest BCUT2D eigenvalue weighted by atomic mass is 10.1. The molecule has 1 aliphatic heterocycles. The topological polar surface area (TPSA) is 47.9 Å². The Kier molecular flexibility index (Phi) is 7.01. The first-order chi connectivity index (χ1) is 13.2. The van der Waals surface area contributed by atoms with E-state index in [9.17, 15) is 4.79 Å². The Morgan fingerprint density at radius 2 is 1.89 bits per heavy atom. The first-order valence-corrected chi connectivity index (χ1v) is 10.6. The molecule has 6 heteroatoms. The van der Waals surface area contributed by atoms with Gasteiger partial charge in [0.15, 0.2) is 11.5 Å². The average Bonchev–Trinajstić information content (AvgIpc) is 3.01. The van der Waals surface area contributed by atoms with E-state index < -0.39 is 0 Å². The molecule has 1 aliphatic rings. The third-order valence-corrected chi connectivity index (χ3v) is 5.57. The second-order valence-electron chi connectivity index (χ2n) is 5.64. The summed E-state index contributed by atoms with van der Waals surface area (Å²) in [7, 11) is 0. The molecule has 0 N–H and O–H groups in total. The highest BCUT2D eigenvalue weighted by Crippen LogP contribution is 2.33. The lowest BCUT2D eigenvalue weighted by Gasteiger charge is -2.13. The van der Waals surface area contributed by atoms with Crippen molar-refractivity contribution in [3.05, 3.63) is 65.4 Å². The molecule has 0 spiro atoms. The third kappa shape index (κ3) is 5.40. The van der Waals surface area contributed by atoms with Crippen LogP contribution in [0.4, 0.5) is 0 Å². The van der Waals surface area contributed by atoms with Crippen LogP contribution in [0.3, 0.4) is 0 Å². The van der Waals surface area contributed by atoms with Crippen LogP contribution in [0.5, 0.6) is 11.5 Å². The number of hydrogen-bond acceptors (Lipinski definition) is 6. The van der Waals surface area contributed by atoms with Crippen LogP contribution in [0, 0.1) is 0 Å². The molecular weight excluding hydrogens is 378 g/mol. The molecule has 0 atom stereocenters. The fourth-order valence-corrected chi connectivity index (χ4v) is 4.21. The minimum atomic E-state index is -0.0201. The Balaban J connectivity index is 1.79. The number of thioether (sulfide) groups is 2. The molecule has 0 aromatic heterocycles. The van der Waals surface area contributed by atoms with Crippen molar-refractivity contribution < 1.29 is 14.3 Å². The number of hydrogen-bond donors (Lipinski definition) is 0. The number of ether oxygens (including phenoxy) is 2. The van der Waals surface area contributed by atoms with Crippen molar-refractivity contribution in [3.8, 4) is 11.5 Å². The van der Waals surface area contributed by atoms with E-state index in [0.717, 1.165) is 21.3 Å². The van der Waals surface area contributed by atoms with Crippen LogP contribution in [-0.4, -0.2) is 21.9 Å². The predicted molar refractivity (Wildman–Crippen MR) is 115 cm³/mol. The van der Waals surface area contributed by atoms with E-state index >= 15 is 0 Å². The van der Waals surface area contributed by atoms with Crippen molar-refractivity contribution in [3.63, 3.8) is 0 Å². The minimum Gasteiger partial charge on any atom is -0.490 e. The van der Waals surface area contributed by atoms with Gasteiger partial charge < -0.3 is 9.47 Å². The zero-order chi connectivity index (χ0) is 19.1. The predicted octanol–water partition coefficient (Wildman–Crippen LogP) is 5.39. The number of rotatable bonds is 7. The Hall–Kier alpha value is -2.18. The van der Waals surface area contributed by atoms with E-state index in [1.54, 1.807) is 17.8 Å². The van der Waals surface area contributed by atoms with Crippen LogP contribution >= 0.6 is 23.5 Å². The highest BCUT2D eigenvalue weighted by molar-refractivity contribution is 8.45. The summed E-state index contributed by atoms with van der Waals surface area (Å²) in [5.74, 6) is 2.24. The molecule has 0 radical (unpaired) electrons. The summed E-state index contributed by atoms with van der Waals surface area (Å²) in [6, 6.07) is 15.7. The first-order valence-electron chi connectivity index (χ1n) is 8.78. The summed E-state index contributed by atoms with van der Waals surface area (Å²) in [6.45, 7) is 4.98. The summed E-state index contributed by atoms with van der Waals surface area (Å²) in [5, 5.41) is -0.0201. The van der Waals surface area contributed by atoms with Gasteiger partial charge in [0.2, 0.25) is 5.12 Å². The molecule has 0 bridgehead atoms. The molecule has 2 aromatic rings. The van der Waals surface area contributed by atoms with Gasteiger partial charge in [0.1, 0.15) is 16.7 Å². The van der Waals surface area contributed by atoms with Crippen molar-refractivity contribution in [2.24, 2.45) is 4.99 Å². The molecular formula is C21H21NO3S2. The minimum absolute atomic E-state index is 0.0201. The molecule has 0 saturated heterocycles. The van der Waals surface area contributed by atoms with Crippen molar-refractivity contribution in [2.45, 2.75) is 20.5 Å². The van der Waals surface area contributed by atoms with Crippen molar-refractivity contribution in [1.82, 2.24) is 0 Å². The van der Waals surface area contributed by atoms with Crippen LogP contribution < -0.4 is 9.47 Å². The summed E-state index contributed by atoms with van der Waals surface area (Å²) < 4.78 is 12.5. The molecule has 3 rings (SSSR count). The smallest absolute Gasteiger partial charge is 0.244 e. The third-order valence-electron chi connectivity index (χ3n) is 3.68. The van der Waals surface area contributed by atoms with Crippen LogP contribution in [0.1, 0.15) is 25.0 Å². The maximum absolute atomic E-state index is 12.1. The van der Waals surface area contributed by atoms with E-state index in [1.165, 1.54) is 11.8 Å². The molecule has 0 amide bonds. The van der Waals surface area contributed by atoms with Gasteiger partial charge >= 0.3 is 0 Å². The molecule has 0 fully saturated rings. The Morgan fingerprint density at radius 3 is 2.63 bits per heavy atom. The molecule has 27 heavy (non-hydrogen) atoms. The van der Waals surface area contributed by atoms with E-state index in [4.69, 9.17) is 9.47 Å². The molecule has 2 aromatic carbocycles. The van der Waals surface area contributed by atoms with Crippen LogP contribution in [0.25, 0.3) is 6.08 Å². The van der Waals surface area contributed by atoms with Crippen LogP contribution in [0.15, 0.2) is 59.2 Å². The quantitative estimate of drug-likeness (QED) is 0.584. The lowest BCUT2D eigenvalue weighted by molar-refractivity contribution is -0.107. The summed E-state index contributed by atoms with van der Waals surface area (Å²) in [4.78, 5) is 16.5. The highest BCUT2D eigenvalue weighted by Gasteiger charge is 2.22. The van der Waals surface area contributed by atoms with Gasteiger partial charge in [0, 0.05) is 0 Å². The maximum atomic E-state index is 12.1. The van der Waals surface area contributed by atoms with Crippen molar-refractivity contribution in [2.75, 3.05) is 12.4 Å². The van der Waals surface area contributed by atoms with Gasteiger partial charge in [-0.2, -0.15) is 0 Å². The molecule has 0 unspecified atom stereocenters. The Bertz CT molecular complexity index is 863. The SMILES string of the molecule is CCOc1cc(/C=C2\N=C(SCC)SC2=O)ccc1OCc1ccccc1. The van der Waals surface area contributed by atoms with Gasteiger partial charge in [-0.05, 0) is 53.8 Å². The largest absolute Gasteiger partial charge is 0.490 e. The molecule has 1 heterocycles. The van der Waals surface area contributed by atoms with Crippen molar-refractivity contribution >= 4 is 39.1 Å².